The summed E-state index contributed by atoms with van der Waals surface area (Å²) < 4.78 is 0.987. The molecule has 104 valence electrons. The van der Waals surface area contributed by atoms with Gasteiger partial charge in [0.25, 0.3) is 0 Å². The van der Waals surface area contributed by atoms with Crippen LogP contribution in [0.15, 0.2) is 18.2 Å². The summed E-state index contributed by atoms with van der Waals surface area (Å²) in [4.78, 5) is 23.3. The maximum absolute atomic E-state index is 11.2. The number of nitrogens with zero attached hydrogens (tertiary/aromatic N) is 1. The standard InChI is InChI=1S/C14H18INO3/c1-14(2,3)16(13(18)19)7-6-11-5-4-10(9-17)8-12(11)15/h4-5,8-9H,6-7H2,1-3H3,(H,18,19). The van der Waals surface area contributed by atoms with E-state index in [2.05, 4.69) is 22.6 Å². The molecule has 0 aliphatic rings. The fourth-order valence-corrected chi connectivity index (χ4v) is 2.60. The second-order valence-electron chi connectivity index (χ2n) is 5.32. The Morgan fingerprint density at radius 2 is 2.05 bits per heavy atom. The molecule has 0 aromatic heterocycles. The number of carbonyl (C=O) groups excluding carboxylic acids is 1. The maximum atomic E-state index is 11.2. The van der Waals surface area contributed by atoms with E-state index < -0.39 is 11.6 Å². The summed E-state index contributed by atoms with van der Waals surface area (Å²) in [7, 11) is 0. The third-order valence-corrected chi connectivity index (χ3v) is 3.86. The summed E-state index contributed by atoms with van der Waals surface area (Å²) in [6.45, 7) is 6.07. The van der Waals surface area contributed by atoms with Crippen molar-refractivity contribution in [2.24, 2.45) is 0 Å². The first-order valence-corrected chi connectivity index (χ1v) is 7.07. The molecule has 0 saturated heterocycles. The summed E-state index contributed by atoms with van der Waals surface area (Å²) >= 11 is 2.17. The van der Waals surface area contributed by atoms with Gasteiger partial charge in [-0.2, -0.15) is 0 Å². The lowest BCUT2D eigenvalue weighted by Gasteiger charge is -2.33. The van der Waals surface area contributed by atoms with Crippen LogP contribution in [0.4, 0.5) is 4.79 Å². The molecule has 0 atom stereocenters. The Kier molecular flexibility index (Phi) is 5.34. The first-order valence-electron chi connectivity index (χ1n) is 6.00. The minimum atomic E-state index is -0.910. The van der Waals surface area contributed by atoms with Crippen LogP contribution in [0, 0.1) is 3.57 Å². The van der Waals surface area contributed by atoms with Gasteiger partial charge in [0.15, 0.2) is 0 Å². The molecule has 0 spiro atoms. The molecule has 0 heterocycles. The first kappa shape index (κ1) is 15.9. The lowest BCUT2D eigenvalue weighted by Crippen LogP contribution is -2.46. The molecule has 1 rings (SSSR count). The molecule has 19 heavy (non-hydrogen) atoms. The predicted octanol–water partition coefficient (Wildman–Crippen LogP) is 3.42. The van der Waals surface area contributed by atoms with Crippen molar-refractivity contribution in [1.29, 1.82) is 0 Å². The molecular weight excluding hydrogens is 357 g/mol. The second kappa shape index (κ2) is 6.36. The zero-order chi connectivity index (χ0) is 14.6. The second-order valence-corrected chi connectivity index (χ2v) is 6.49. The highest BCUT2D eigenvalue weighted by atomic mass is 127. The maximum Gasteiger partial charge on any atom is 0.407 e. The van der Waals surface area contributed by atoms with Gasteiger partial charge in [0.2, 0.25) is 0 Å². The van der Waals surface area contributed by atoms with E-state index in [4.69, 9.17) is 0 Å². The summed E-state index contributed by atoms with van der Waals surface area (Å²) in [5.74, 6) is 0. The van der Waals surface area contributed by atoms with Crippen LogP contribution in [-0.2, 0) is 6.42 Å². The smallest absolute Gasteiger partial charge is 0.407 e. The van der Waals surface area contributed by atoms with Crippen LogP contribution < -0.4 is 0 Å². The topological polar surface area (TPSA) is 57.6 Å². The Morgan fingerprint density at radius 3 is 2.47 bits per heavy atom. The van der Waals surface area contributed by atoms with Gasteiger partial charge >= 0.3 is 6.09 Å². The first-order chi connectivity index (χ1) is 8.75. The van der Waals surface area contributed by atoms with Gasteiger partial charge in [0.1, 0.15) is 6.29 Å². The van der Waals surface area contributed by atoms with E-state index in [9.17, 15) is 14.7 Å². The normalized spacial score (nSPS) is 11.2. The molecule has 0 aliphatic heterocycles. The lowest BCUT2D eigenvalue weighted by molar-refractivity contribution is 0.101. The van der Waals surface area contributed by atoms with Crippen LogP contribution in [-0.4, -0.2) is 34.5 Å². The molecule has 0 saturated carbocycles. The average molecular weight is 375 g/mol. The van der Waals surface area contributed by atoms with E-state index >= 15 is 0 Å². The molecular formula is C14H18INO3. The Labute approximate surface area is 126 Å². The molecule has 1 amide bonds. The van der Waals surface area contributed by atoms with E-state index in [-0.39, 0.29) is 0 Å². The molecule has 0 fully saturated rings. The zero-order valence-corrected chi connectivity index (χ0v) is 13.5. The third kappa shape index (κ3) is 4.49. The fraction of sp³-hybridized carbons (Fsp3) is 0.429. The Balaban J connectivity index is 2.80. The summed E-state index contributed by atoms with van der Waals surface area (Å²) in [5.41, 5.74) is 1.28. The molecule has 0 radical (unpaired) electrons. The van der Waals surface area contributed by atoms with E-state index in [0.29, 0.717) is 18.5 Å². The molecule has 1 aromatic carbocycles. The Hall–Kier alpha value is -1.11. The molecule has 0 aliphatic carbocycles. The number of hydrogen-bond donors (Lipinski definition) is 1. The number of benzene rings is 1. The molecule has 1 N–H and O–H groups in total. The van der Waals surface area contributed by atoms with Crippen molar-refractivity contribution in [3.05, 3.63) is 32.9 Å². The number of rotatable bonds is 4. The summed E-state index contributed by atoms with van der Waals surface area (Å²) in [6, 6.07) is 5.45. The van der Waals surface area contributed by atoms with Gasteiger partial charge in [0, 0.05) is 21.2 Å². The fourth-order valence-electron chi connectivity index (χ4n) is 1.79. The number of amides is 1. The van der Waals surface area contributed by atoms with Gasteiger partial charge < -0.3 is 10.0 Å². The minimum absolute atomic E-state index is 0.417. The van der Waals surface area contributed by atoms with Gasteiger partial charge in [-0.25, -0.2) is 4.79 Å². The number of aldehydes is 1. The van der Waals surface area contributed by atoms with Crippen molar-refractivity contribution < 1.29 is 14.7 Å². The van der Waals surface area contributed by atoms with Crippen LogP contribution in [0.1, 0.15) is 36.7 Å². The number of carboxylic acid groups (broad SMARTS) is 1. The quantitative estimate of drug-likeness (QED) is 0.648. The predicted molar refractivity (Wildman–Crippen MR) is 82.7 cm³/mol. The highest BCUT2D eigenvalue weighted by Gasteiger charge is 2.25. The third-order valence-electron chi connectivity index (χ3n) is 2.86. The van der Waals surface area contributed by atoms with Crippen molar-refractivity contribution in [3.8, 4) is 0 Å². The van der Waals surface area contributed by atoms with Gasteiger partial charge in [-0.15, -0.1) is 0 Å². The summed E-state index contributed by atoms with van der Waals surface area (Å²) in [5, 5.41) is 9.22. The summed E-state index contributed by atoms with van der Waals surface area (Å²) in [6.07, 6.45) is 0.540. The van der Waals surface area contributed by atoms with Crippen molar-refractivity contribution in [2.45, 2.75) is 32.7 Å². The largest absolute Gasteiger partial charge is 0.465 e. The zero-order valence-electron chi connectivity index (χ0n) is 11.3. The van der Waals surface area contributed by atoms with Crippen LogP contribution in [0.25, 0.3) is 0 Å². The van der Waals surface area contributed by atoms with Gasteiger partial charge in [-0.1, -0.05) is 12.1 Å². The van der Waals surface area contributed by atoms with Crippen LogP contribution in [0.3, 0.4) is 0 Å². The van der Waals surface area contributed by atoms with E-state index in [1.165, 1.54) is 4.90 Å². The Morgan fingerprint density at radius 1 is 1.42 bits per heavy atom. The van der Waals surface area contributed by atoms with Crippen molar-refractivity contribution in [3.63, 3.8) is 0 Å². The SMILES string of the molecule is CC(C)(C)N(CCc1ccc(C=O)cc1I)C(=O)O. The molecule has 5 heteroatoms. The van der Waals surface area contributed by atoms with Gasteiger partial charge in [0.05, 0.1) is 0 Å². The molecule has 4 nitrogen and oxygen atoms in total. The van der Waals surface area contributed by atoms with Crippen molar-refractivity contribution in [1.82, 2.24) is 4.90 Å². The molecule has 0 unspecified atom stereocenters. The van der Waals surface area contributed by atoms with Crippen molar-refractivity contribution >= 4 is 35.0 Å². The van der Waals surface area contributed by atoms with E-state index in [0.717, 1.165) is 15.4 Å². The van der Waals surface area contributed by atoms with Crippen molar-refractivity contribution in [2.75, 3.05) is 6.54 Å². The highest BCUT2D eigenvalue weighted by molar-refractivity contribution is 14.1. The van der Waals surface area contributed by atoms with E-state index in [1.54, 1.807) is 6.07 Å². The number of halogens is 1. The van der Waals surface area contributed by atoms with Gasteiger partial charge in [-0.3, -0.25) is 4.79 Å². The highest BCUT2D eigenvalue weighted by Crippen LogP contribution is 2.18. The molecule has 0 bridgehead atoms. The average Bonchev–Trinajstić information content (AvgIpc) is 2.28. The lowest BCUT2D eigenvalue weighted by atomic mass is 10.0. The number of hydrogen-bond acceptors (Lipinski definition) is 2. The van der Waals surface area contributed by atoms with Crippen LogP contribution >= 0.6 is 22.6 Å². The minimum Gasteiger partial charge on any atom is -0.465 e. The van der Waals surface area contributed by atoms with Crippen LogP contribution in [0.2, 0.25) is 0 Å². The Bertz CT molecular complexity index is 480. The van der Waals surface area contributed by atoms with Crippen LogP contribution in [0.5, 0.6) is 0 Å². The van der Waals surface area contributed by atoms with E-state index in [1.807, 2.05) is 32.9 Å². The monoisotopic (exact) mass is 375 g/mol. The van der Waals surface area contributed by atoms with Gasteiger partial charge in [-0.05, 0) is 61.4 Å². The number of carbonyl (C=O) groups is 2. The molecule has 1 aromatic rings.